The molecule has 0 aliphatic carbocycles. The number of rotatable bonds is 2. The molecule has 3 aromatic carbocycles. The van der Waals surface area contributed by atoms with Crippen molar-refractivity contribution in [1.29, 1.82) is 0 Å². The van der Waals surface area contributed by atoms with Crippen LogP contribution in [0.4, 0.5) is 0 Å². The molecule has 0 fully saturated rings. The van der Waals surface area contributed by atoms with Crippen molar-refractivity contribution in [3.05, 3.63) is 70.2 Å². The van der Waals surface area contributed by atoms with E-state index in [9.17, 15) is 0 Å². The fourth-order valence-electron chi connectivity index (χ4n) is 2.47. The zero-order chi connectivity index (χ0) is 14.1. The number of halogens is 2. The highest BCUT2D eigenvalue weighted by molar-refractivity contribution is 6.36. The summed E-state index contributed by atoms with van der Waals surface area (Å²) in [7, 11) is 0. The van der Waals surface area contributed by atoms with Crippen molar-refractivity contribution in [2.75, 3.05) is 0 Å². The molecule has 20 heavy (non-hydrogen) atoms. The third kappa shape index (κ3) is 2.29. The monoisotopic (exact) mass is 301 g/mol. The van der Waals surface area contributed by atoms with Crippen LogP contribution in [-0.2, 0) is 6.54 Å². The van der Waals surface area contributed by atoms with Crippen LogP contribution in [0.3, 0.4) is 0 Å². The number of benzene rings is 3. The van der Waals surface area contributed by atoms with Gasteiger partial charge in [-0.1, -0.05) is 59.6 Å². The molecule has 0 heterocycles. The van der Waals surface area contributed by atoms with Gasteiger partial charge >= 0.3 is 0 Å². The van der Waals surface area contributed by atoms with Crippen LogP contribution in [-0.4, -0.2) is 0 Å². The minimum atomic E-state index is 0.476. The Morgan fingerprint density at radius 1 is 0.800 bits per heavy atom. The molecule has 100 valence electrons. The molecule has 0 saturated carbocycles. The zero-order valence-electron chi connectivity index (χ0n) is 10.7. The Labute approximate surface area is 127 Å². The van der Waals surface area contributed by atoms with Crippen LogP contribution in [0.25, 0.3) is 21.9 Å². The molecule has 0 amide bonds. The molecule has 0 aromatic heterocycles. The number of fused-ring (bicyclic) bond motifs is 1. The molecule has 2 N–H and O–H groups in total. The van der Waals surface area contributed by atoms with E-state index in [4.69, 9.17) is 28.9 Å². The predicted octanol–water partition coefficient (Wildman–Crippen LogP) is 5.27. The minimum absolute atomic E-state index is 0.476. The molecule has 0 unspecified atom stereocenters. The van der Waals surface area contributed by atoms with Gasteiger partial charge in [0, 0.05) is 22.0 Å². The number of nitrogens with two attached hydrogens (primary N) is 1. The lowest BCUT2D eigenvalue weighted by atomic mass is 9.94. The highest BCUT2D eigenvalue weighted by Crippen LogP contribution is 2.35. The summed E-state index contributed by atoms with van der Waals surface area (Å²) in [5.41, 5.74) is 9.08. The standard InChI is InChI=1S/C17H13Cl2N/c18-12-6-5-11(10-20)16(9-12)14-7-8-17(19)15-4-2-1-3-13(14)15/h1-9H,10,20H2. The lowest BCUT2D eigenvalue weighted by Crippen LogP contribution is -1.99. The summed E-state index contributed by atoms with van der Waals surface area (Å²) >= 11 is 12.4. The van der Waals surface area contributed by atoms with E-state index >= 15 is 0 Å². The molecule has 0 aliphatic rings. The van der Waals surface area contributed by atoms with E-state index in [2.05, 4.69) is 6.07 Å². The van der Waals surface area contributed by atoms with E-state index in [1.807, 2.05) is 48.5 Å². The van der Waals surface area contributed by atoms with Crippen LogP contribution in [0, 0.1) is 0 Å². The van der Waals surface area contributed by atoms with E-state index in [1.165, 1.54) is 0 Å². The first-order chi connectivity index (χ1) is 9.70. The van der Waals surface area contributed by atoms with Gasteiger partial charge in [0.2, 0.25) is 0 Å². The van der Waals surface area contributed by atoms with Crippen LogP contribution >= 0.6 is 23.2 Å². The molecule has 3 heteroatoms. The maximum atomic E-state index is 6.27. The topological polar surface area (TPSA) is 26.0 Å². The smallest absolute Gasteiger partial charge is 0.0484 e. The van der Waals surface area contributed by atoms with Gasteiger partial charge in [-0.05, 0) is 40.3 Å². The number of hydrogen-bond acceptors (Lipinski definition) is 1. The first-order valence-electron chi connectivity index (χ1n) is 6.37. The first kappa shape index (κ1) is 13.4. The van der Waals surface area contributed by atoms with Crippen LogP contribution < -0.4 is 5.73 Å². The molecule has 0 spiro atoms. The third-order valence-corrected chi connectivity index (χ3v) is 4.02. The van der Waals surface area contributed by atoms with Crippen LogP contribution in [0.5, 0.6) is 0 Å². The fourth-order valence-corrected chi connectivity index (χ4v) is 2.87. The van der Waals surface area contributed by atoms with Gasteiger partial charge in [-0.15, -0.1) is 0 Å². The van der Waals surface area contributed by atoms with E-state index in [0.29, 0.717) is 11.6 Å². The second-order valence-electron chi connectivity index (χ2n) is 4.65. The normalized spacial score (nSPS) is 10.9. The average Bonchev–Trinajstić information content (AvgIpc) is 2.48. The number of hydrogen-bond donors (Lipinski definition) is 1. The van der Waals surface area contributed by atoms with Gasteiger partial charge in [0.25, 0.3) is 0 Å². The average molecular weight is 302 g/mol. The SMILES string of the molecule is NCc1ccc(Cl)cc1-c1ccc(Cl)c2ccccc12. The van der Waals surface area contributed by atoms with Gasteiger partial charge < -0.3 is 5.73 Å². The van der Waals surface area contributed by atoms with Gasteiger partial charge in [0.15, 0.2) is 0 Å². The molecule has 0 atom stereocenters. The molecular formula is C17H13Cl2N. The van der Waals surface area contributed by atoms with Crippen LogP contribution in [0.2, 0.25) is 10.0 Å². The Bertz CT molecular complexity index is 781. The molecule has 1 nitrogen and oxygen atoms in total. The van der Waals surface area contributed by atoms with E-state index in [-0.39, 0.29) is 0 Å². The minimum Gasteiger partial charge on any atom is -0.326 e. The van der Waals surface area contributed by atoms with E-state index in [0.717, 1.165) is 32.5 Å². The van der Waals surface area contributed by atoms with Crippen molar-refractivity contribution in [2.24, 2.45) is 5.73 Å². The largest absolute Gasteiger partial charge is 0.326 e. The fraction of sp³-hybridized carbons (Fsp3) is 0.0588. The van der Waals surface area contributed by atoms with E-state index < -0.39 is 0 Å². The van der Waals surface area contributed by atoms with Gasteiger partial charge in [0.05, 0.1) is 0 Å². The summed E-state index contributed by atoms with van der Waals surface area (Å²) in [4.78, 5) is 0. The Balaban J connectivity index is 2.36. The van der Waals surface area contributed by atoms with E-state index in [1.54, 1.807) is 0 Å². The highest BCUT2D eigenvalue weighted by Gasteiger charge is 2.10. The second-order valence-corrected chi connectivity index (χ2v) is 5.49. The summed E-state index contributed by atoms with van der Waals surface area (Å²) in [5, 5.41) is 3.60. The maximum Gasteiger partial charge on any atom is 0.0484 e. The van der Waals surface area contributed by atoms with Crippen molar-refractivity contribution in [1.82, 2.24) is 0 Å². The maximum absolute atomic E-state index is 6.27. The summed E-state index contributed by atoms with van der Waals surface area (Å²) in [6.45, 7) is 0.476. The lowest BCUT2D eigenvalue weighted by Gasteiger charge is -2.12. The van der Waals surface area contributed by atoms with Gasteiger partial charge in [0.1, 0.15) is 0 Å². The van der Waals surface area contributed by atoms with Crippen molar-refractivity contribution < 1.29 is 0 Å². The zero-order valence-corrected chi connectivity index (χ0v) is 12.2. The molecule has 3 aromatic rings. The molecule has 0 bridgehead atoms. The van der Waals surface area contributed by atoms with Crippen LogP contribution in [0.1, 0.15) is 5.56 Å². The van der Waals surface area contributed by atoms with Crippen molar-refractivity contribution in [3.8, 4) is 11.1 Å². The second kappa shape index (κ2) is 5.45. The van der Waals surface area contributed by atoms with Crippen molar-refractivity contribution in [2.45, 2.75) is 6.54 Å². The molecule has 0 aliphatic heterocycles. The Kier molecular flexibility index (Phi) is 3.66. The van der Waals surface area contributed by atoms with Gasteiger partial charge in [-0.2, -0.15) is 0 Å². The summed E-state index contributed by atoms with van der Waals surface area (Å²) < 4.78 is 0. The highest BCUT2D eigenvalue weighted by atomic mass is 35.5. The molecule has 0 saturated heterocycles. The Hall–Kier alpha value is -1.54. The summed E-state index contributed by atoms with van der Waals surface area (Å²) in [6, 6.07) is 17.8. The first-order valence-corrected chi connectivity index (χ1v) is 7.12. The molecule has 0 radical (unpaired) electrons. The predicted molar refractivity (Wildman–Crippen MR) is 87.3 cm³/mol. The Morgan fingerprint density at radius 2 is 1.55 bits per heavy atom. The van der Waals surface area contributed by atoms with Crippen LogP contribution in [0.15, 0.2) is 54.6 Å². The van der Waals surface area contributed by atoms with Crippen molar-refractivity contribution in [3.63, 3.8) is 0 Å². The van der Waals surface area contributed by atoms with Gasteiger partial charge in [-0.25, -0.2) is 0 Å². The van der Waals surface area contributed by atoms with Gasteiger partial charge in [-0.3, -0.25) is 0 Å². The summed E-state index contributed by atoms with van der Waals surface area (Å²) in [6.07, 6.45) is 0. The molecule has 3 rings (SSSR count). The summed E-state index contributed by atoms with van der Waals surface area (Å²) in [5.74, 6) is 0. The molecular weight excluding hydrogens is 289 g/mol. The Morgan fingerprint density at radius 3 is 2.30 bits per heavy atom. The lowest BCUT2D eigenvalue weighted by molar-refractivity contribution is 1.07. The van der Waals surface area contributed by atoms with Crippen molar-refractivity contribution >= 4 is 34.0 Å². The quantitative estimate of drug-likeness (QED) is 0.685. The third-order valence-electron chi connectivity index (χ3n) is 3.45.